The maximum atomic E-state index is 11.8. The van der Waals surface area contributed by atoms with Crippen molar-refractivity contribution in [1.29, 1.82) is 0 Å². The van der Waals surface area contributed by atoms with Crippen LogP contribution in [0.2, 0.25) is 0 Å². The molecule has 2 heterocycles. The van der Waals surface area contributed by atoms with Gasteiger partial charge in [-0.2, -0.15) is 0 Å². The number of nitrogens with zero attached hydrogens (tertiary/aromatic N) is 2. The summed E-state index contributed by atoms with van der Waals surface area (Å²) in [5, 5.41) is 9.81. The van der Waals surface area contributed by atoms with E-state index in [0.29, 0.717) is 30.9 Å². The molecule has 0 bridgehead atoms. The van der Waals surface area contributed by atoms with E-state index in [9.17, 15) is 9.90 Å². The summed E-state index contributed by atoms with van der Waals surface area (Å²) in [5.41, 5.74) is 6.13. The lowest BCUT2D eigenvalue weighted by Gasteiger charge is -2.46. The fourth-order valence-corrected chi connectivity index (χ4v) is 1.87. The highest BCUT2D eigenvalue weighted by Gasteiger charge is 2.41. The molecule has 1 saturated heterocycles. The lowest BCUT2D eigenvalue weighted by atomic mass is 9.91. The summed E-state index contributed by atoms with van der Waals surface area (Å²) in [7, 11) is 0. The van der Waals surface area contributed by atoms with Crippen LogP contribution >= 0.6 is 0 Å². The minimum Gasteiger partial charge on any atom is -0.397 e. The van der Waals surface area contributed by atoms with E-state index in [-0.39, 0.29) is 12.3 Å². The molecule has 0 aromatic carbocycles. The Labute approximate surface area is 100 Å². The van der Waals surface area contributed by atoms with Gasteiger partial charge in [0, 0.05) is 5.69 Å². The number of aliphatic hydroxyl groups is 1. The van der Waals surface area contributed by atoms with Gasteiger partial charge in [-0.1, -0.05) is 6.92 Å². The number of nitrogens with two attached hydrogens (primary N) is 1. The molecule has 17 heavy (non-hydrogen) atoms. The number of hydrogen-bond acceptors (Lipinski definition) is 4. The van der Waals surface area contributed by atoms with E-state index in [1.54, 1.807) is 23.2 Å². The third kappa shape index (κ3) is 2.55. The van der Waals surface area contributed by atoms with Crippen molar-refractivity contribution in [1.82, 2.24) is 9.88 Å². The van der Waals surface area contributed by atoms with Crippen molar-refractivity contribution < 1.29 is 9.90 Å². The zero-order chi connectivity index (χ0) is 12.5. The largest absolute Gasteiger partial charge is 0.397 e. The molecule has 2 rings (SSSR count). The van der Waals surface area contributed by atoms with E-state index >= 15 is 0 Å². The Kier molecular flexibility index (Phi) is 3.02. The van der Waals surface area contributed by atoms with E-state index < -0.39 is 5.60 Å². The van der Waals surface area contributed by atoms with Crippen LogP contribution in [0.15, 0.2) is 18.3 Å². The number of hydrogen-bond donors (Lipinski definition) is 2. The van der Waals surface area contributed by atoms with Crippen LogP contribution in [0.1, 0.15) is 19.0 Å². The van der Waals surface area contributed by atoms with Crippen LogP contribution in [0.25, 0.3) is 0 Å². The van der Waals surface area contributed by atoms with Crippen LogP contribution < -0.4 is 5.73 Å². The van der Waals surface area contributed by atoms with Gasteiger partial charge in [0.2, 0.25) is 5.91 Å². The number of carbonyl (C=O) groups excluding carboxylic acids is 1. The van der Waals surface area contributed by atoms with E-state index in [4.69, 9.17) is 5.73 Å². The number of amides is 1. The van der Waals surface area contributed by atoms with Crippen molar-refractivity contribution in [3.63, 3.8) is 0 Å². The molecule has 1 amide bonds. The van der Waals surface area contributed by atoms with Crippen molar-refractivity contribution in [2.75, 3.05) is 18.8 Å². The molecule has 92 valence electrons. The number of nitrogen functional groups attached to an aromatic ring is 1. The second-order valence-corrected chi connectivity index (χ2v) is 4.59. The molecule has 1 aromatic heterocycles. The molecule has 0 unspecified atom stereocenters. The van der Waals surface area contributed by atoms with Crippen molar-refractivity contribution in [3.8, 4) is 0 Å². The highest BCUT2D eigenvalue weighted by Crippen LogP contribution is 2.24. The lowest BCUT2D eigenvalue weighted by Crippen LogP contribution is -2.63. The Balaban J connectivity index is 1.89. The monoisotopic (exact) mass is 235 g/mol. The number of β-amino-alcohol motifs (C(OH)–C–C–N with tert-alkyl or cyclic N) is 1. The predicted octanol–water partition coefficient (Wildman–Crippen LogP) is 0.190. The van der Waals surface area contributed by atoms with Gasteiger partial charge in [-0.15, -0.1) is 0 Å². The summed E-state index contributed by atoms with van der Waals surface area (Å²) < 4.78 is 0. The number of aromatic nitrogens is 1. The maximum absolute atomic E-state index is 11.8. The quantitative estimate of drug-likeness (QED) is 0.783. The lowest BCUT2D eigenvalue weighted by molar-refractivity contribution is -0.155. The first-order chi connectivity index (χ1) is 8.02. The fourth-order valence-electron chi connectivity index (χ4n) is 1.87. The Morgan fingerprint density at radius 1 is 1.59 bits per heavy atom. The summed E-state index contributed by atoms with van der Waals surface area (Å²) in [6.45, 7) is 2.78. The molecule has 5 heteroatoms. The zero-order valence-corrected chi connectivity index (χ0v) is 9.89. The molecule has 0 aliphatic carbocycles. The van der Waals surface area contributed by atoms with Gasteiger partial charge in [0.05, 0.1) is 37.0 Å². The zero-order valence-electron chi connectivity index (χ0n) is 9.89. The molecular formula is C12H17N3O2. The molecule has 0 saturated carbocycles. The molecule has 1 fully saturated rings. The molecule has 0 spiro atoms. The Morgan fingerprint density at radius 2 is 2.29 bits per heavy atom. The number of carbonyl (C=O) groups is 1. The first kappa shape index (κ1) is 11.9. The predicted molar refractivity (Wildman–Crippen MR) is 64.2 cm³/mol. The summed E-state index contributed by atoms with van der Waals surface area (Å²) in [6, 6.07) is 3.48. The third-order valence-corrected chi connectivity index (χ3v) is 3.16. The van der Waals surface area contributed by atoms with Gasteiger partial charge < -0.3 is 15.7 Å². The van der Waals surface area contributed by atoms with Gasteiger partial charge in [-0.3, -0.25) is 9.78 Å². The van der Waals surface area contributed by atoms with Gasteiger partial charge in [0.15, 0.2) is 0 Å². The minimum atomic E-state index is -0.676. The number of pyridine rings is 1. The highest BCUT2D eigenvalue weighted by molar-refractivity contribution is 5.79. The van der Waals surface area contributed by atoms with E-state index in [1.807, 2.05) is 6.92 Å². The van der Waals surface area contributed by atoms with Crippen LogP contribution in [-0.2, 0) is 11.2 Å². The normalized spacial score (nSPS) is 17.6. The van der Waals surface area contributed by atoms with Gasteiger partial charge in [-0.25, -0.2) is 0 Å². The Hall–Kier alpha value is -1.62. The smallest absolute Gasteiger partial charge is 0.228 e. The molecule has 5 nitrogen and oxygen atoms in total. The van der Waals surface area contributed by atoms with Crippen molar-refractivity contribution in [2.45, 2.75) is 25.4 Å². The summed E-state index contributed by atoms with van der Waals surface area (Å²) in [5.74, 6) is 0.000367. The molecule has 1 aliphatic rings. The van der Waals surface area contributed by atoms with Gasteiger partial charge in [0.1, 0.15) is 0 Å². The van der Waals surface area contributed by atoms with Crippen molar-refractivity contribution in [2.24, 2.45) is 0 Å². The standard InChI is InChI=1S/C12H17N3O2/c1-2-12(17)7-15(8-12)11(16)5-10-4-3-9(13)6-14-10/h3-4,6,17H,2,5,7-8,13H2,1H3. The van der Waals surface area contributed by atoms with Crippen LogP contribution in [0.4, 0.5) is 5.69 Å². The highest BCUT2D eigenvalue weighted by atomic mass is 16.3. The average Bonchev–Trinajstić information content (AvgIpc) is 2.28. The molecule has 0 atom stereocenters. The van der Waals surface area contributed by atoms with Gasteiger partial charge in [0.25, 0.3) is 0 Å². The molecule has 1 aromatic rings. The molecule has 1 aliphatic heterocycles. The SMILES string of the molecule is CCC1(O)CN(C(=O)Cc2ccc(N)cn2)C1. The molecular weight excluding hydrogens is 218 g/mol. The minimum absolute atomic E-state index is 0.000367. The second kappa shape index (κ2) is 4.33. The fraction of sp³-hybridized carbons (Fsp3) is 0.500. The van der Waals surface area contributed by atoms with Gasteiger partial charge >= 0.3 is 0 Å². The first-order valence-electron chi connectivity index (χ1n) is 5.73. The van der Waals surface area contributed by atoms with Gasteiger partial charge in [-0.05, 0) is 18.6 Å². The van der Waals surface area contributed by atoms with E-state index in [0.717, 1.165) is 0 Å². The first-order valence-corrected chi connectivity index (χ1v) is 5.73. The number of rotatable bonds is 3. The average molecular weight is 235 g/mol. The van der Waals surface area contributed by atoms with Crippen molar-refractivity contribution >= 4 is 11.6 Å². The molecule has 0 radical (unpaired) electrons. The summed E-state index contributed by atoms with van der Waals surface area (Å²) in [4.78, 5) is 17.6. The number of anilines is 1. The Bertz CT molecular complexity index is 410. The van der Waals surface area contributed by atoms with Crippen molar-refractivity contribution in [3.05, 3.63) is 24.0 Å². The second-order valence-electron chi connectivity index (χ2n) is 4.59. The van der Waals surface area contributed by atoms with Crippen LogP contribution in [0.3, 0.4) is 0 Å². The topological polar surface area (TPSA) is 79.5 Å². The van der Waals surface area contributed by atoms with Crippen LogP contribution in [0, 0.1) is 0 Å². The Morgan fingerprint density at radius 3 is 2.82 bits per heavy atom. The third-order valence-electron chi connectivity index (χ3n) is 3.16. The summed E-state index contributed by atoms with van der Waals surface area (Å²) in [6.07, 6.45) is 2.48. The van der Waals surface area contributed by atoms with Crippen LogP contribution in [0.5, 0.6) is 0 Å². The van der Waals surface area contributed by atoms with E-state index in [1.165, 1.54) is 0 Å². The molecule has 3 N–H and O–H groups in total. The summed E-state index contributed by atoms with van der Waals surface area (Å²) >= 11 is 0. The van der Waals surface area contributed by atoms with E-state index in [2.05, 4.69) is 4.98 Å². The van der Waals surface area contributed by atoms with Crippen LogP contribution in [-0.4, -0.2) is 39.6 Å². The maximum Gasteiger partial charge on any atom is 0.228 e. The number of likely N-dealkylation sites (tertiary alicyclic amines) is 1.